The molecule has 2 N–H and O–H groups in total. The van der Waals surface area contributed by atoms with Crippen molar-refractivity contribution in [1.82, 2.24) is 9.88 Å². The first-order valence-electron chi connectivity index (χ1n) is 10.1. The Morgan fingerprint density at radius 3 is 2.30 bits per heavy atom. The Morgan fingerprint density at radius 1 is 0.967 bits per heavy atom. The fourth-order valence-corrected chi connectivity index (χ4v) is 5.16. The maximum atomic E-state index is 13.7. The highest BCUT2D eigenvalue weighted by Crippen LogP contribution is 2.39. The van der Waals surface area contributed by atoms with Crippen LogP contribution >= 0.6 is 0 Å². The number of nitrogens with two attached hydrogens (primary N) is 1. The van der Waals surface area contributed by atoms with E-state index in [1.54, 1.807) is 6.20 Å². The molecule has 0 spiro atoms. The second-order valence-electron chi connectivity index (χ2n) is 8.99. The van der Waals surface area contributed by atoms with E-state index in [-0.39, 0.29) is 5.82 Å². The third kappa shape index (κ3) is 3.63. The summed E-state index contributed by atoms with van der Waals surface area (Å²) in [6.45, 7) is 7.67. The van der Waals surface area contributed by atoms with Crippen LogP contribution in [0.15, 0.2) is 72.0 Å². The summed E-state index contributed by atoms with van der Waals surface area (Å²) in [5.74, 6) is 0.166. The molecule has 1 aliphatic rings. The van der Waals surface area contributed by atoms with Gasteiger partial charge in [0.25, 0.3) is 0 Å². The average Bonchev–Trinajstić information content (AvgIpc) is 3.03. The maximum absolute atomic E-state index is 13.7. The first kappa shape index (κ1) is 20.3. The second kappa shape index (κ2) is 7.36. The summed E-state index contributed by atoms with van der Waals surface area (Å²) < 4.78 is 13.7. The van der Waals surface area contributed by atoms with Crippen molar-refractivity contribution in [2.75, 3.05) is 13.6 Å². The lowest BCUT2D eigenvalue weighted by atomic mass is 9.82. The summed E-state index contributed by atoms with van der Waals surface area (Å²) in [5.41, 5.74) is 9.39. The standard InChI is InChI=1S/C24H27FN4Si/c1-29-16-24(28-23(29)26,19-8-10-22(11-9-19)30(2,3)4)20-7-5-6-17(12-20)18-13-21(25)15-27-14-18/h5-15H,16H2,1-4H3,(H2,26,28). The van der Waals surface area contributed by atoms with Crippen LogP contribution in [0.3, 0.4) is 0 Å². The number of aromatic nitrogens is 1. The zero-order valence-electron chi connectivity index (χ0n) is 17.9. The number of aliphatic imine (C=N–C) groups is 1. The molecule has 2 aromatic carbocycles. The quantitative estimate of drug-likeness (QED) is 0.653. The molecule has 0 radical (unpaired) electrons. The molecule has 6 heteroatoms. The van der Waals surface area contributed by atoms with Crippen molar-refractivity contribution in [1.29, 1.82) is 0 Å². The zero-order chi connectivity index (χ0) is 21.5. The van der Waals surface area contributed by atoms with Crippen molar-refractivity contribution in [2.24, 2.45) is 10.7 Å². The van der Waals surface area contributed by atoms with Gasteiger partial charge in [0, 0.05) is 18.8 Å². The normalized spacial score (nSPS) is 19.1. The molecule has 4 rings (SSSR count). The Morgan fingerprint density at radius 2 is 1.70 bits per heavy atom. The number of hydrogen-bond donors (Lipinski definition) is 1. The number of hydrogen-bond acceptors (Lipinski definition) is 4. The van der Waals surface area contributed by atoms with Gasteiger partial charge in [-0.2, -0.15) is 0 Å². The highest BCUT2D eigenvalue weighted by molar-refractivity contribution is 6.88. The van der Waals surface area contributed by atoms with Gasteiger partial charge in [-0.3, -0.25) is 4.98 Å². The number of halogens is 1. The van der Waals surface area contributed by atoms with Gasteiger partial charge in [-0.25, -0.2) is 9.38 Å². The van der Waals surface area contributed by atoms with Gasteiger partial charge in [0.15, 0.2) is 5.96 Å². The lowest BCUT2D eigenvalue weighted by molar-refractivity contribution is 0.432. The third-order valence-electron chi connectivity index (χ3n) is 5.77. The molecule has 0 aliphatic carbocycles. The van der Waals surface area contributed by atoms with Crippen molar-refractivity contribution in [3.05, 3.63) is 83.9 Å². The van der Waals surface area contributed by atoms with Crippen molar-refractivity contribution >= 4 is 19.2 Å². The molecule has 1 aliphatic heterocycles. The molecule has 2 heterocycles. The van der Waals surface area contributed by atoms with Gasteiger partial charge in [-0.15, -0.1) is 0 Å². The smallest absolute Gasteiger partial charge is 0.192 e. The van der Waals surface area contributed by atoms with Crippen molar-refractivity contribution in [2.45, 2.75) is 25.2 Å². The van der Waals surface area contributed by atoms with E-state index in [0.29, 0.717) is 12.5 Å². The van der Waals surface area contributed by atoms with Crippen LogP contribution in [0.2, 0.25) is 19.6 Å². The molecule has 0 bridgehead atoms. The van der Waals surface area contributed by atoms with Crippen molar-refractivity contribution < 1.29 is 4.39 Å². The van der Waals surface area contributed by atoms with Crippen LogP contribution in [-0.4, -0.2) is 37.5 Å². The molecule has 0 saturated heterocycles. The van der Waals surface area contributed by atoms with E-state index >= 15 is 0 Å². The van der Waals surface area contributed by atoms with Crippen molar-refractivity contribution in [3.8, 4) is 11.1 Å². The highest BCUT2D eigenvalue weighted by Gasteiger charge is 2.41. The van der Waals surface area contributed by atoms with Crippen LogP contribution in [0.4, 0.5) is 4.39 Å². The molecule has 1 unspecified atom stereocenters. The Bertz CT molecular complexity index is 1100. The minimum Gasteiger partial charge on any atom is -0.370 e. The van der Waals surface area contributed by atoms with Gasteiger partial charge in [-0.05, 0) is 28.8 Å². The molecule has 1 aromatic heterocycles. The summed E-state index contributed by atoms with van der Waals surface area (Å²) in [6, 6.07) is 18.4. The second-order valence-corrected chi connectivity index (χ2v) is 14.1. The summed E-state index contributed by atoms with van der Waals surface area (Å²) in [7, 11) is 0.557. The minimum atomic E-state index is -1.40. The Labute approximate surface area is 178 Å². The Kier molecular flexibility index (Phi) is 4.98. The number of nitrogens with zero attached hydrogens (tertiary/aromatic N) is 3. The molecule has 3 aromatic rings. The van der Waals surface area contributed by atoms with Gasteiger partial charge >= 0.3 is 0 Å². The summed E-state index contributed by atoms with van der Waals surface area (Å²) in [5, 5.41) is 1.41. The minimum absolute atomic E-state index is 0.350. The molecular formula is C24H27FN4Si. The van der Waals surface area contributed by atoms with E-state index in [9.17, 15) is 4.39 Å². The first-order valence-corrected chi connectivity index (χ1v) is 13.6. The van der Waals surface area contributed by atoms with Gasteiger partial charge < -0.3 is 10.6 Å². The van der Waals surface area contributed by atoms with Crippen molar-refractivity contribution in [3.63, 3.8) is 0 Å². The molecular weight excluding hydrogens is 391 g/mol. The van der Waals surface area contributed by atoms with Crippen LogP contribution in [-0.2, 0) is 5.54 Å². The van der Waals surface area contributed by atoms with Gasteiger partial charge in [0.05, 0.1) is 20.8 Å². The number of guanidine groups is 1. The molecule has 0 saturated carbocycles. The van der Waals surface area contributed by atoms with Crippen LogP contribution < -0.4 is 10.9 Å². The number of pyridine rings is 1. The van der Waals surface area contributed by atoms with E-state index < -0.39 is 13.6 Å². The van der Waals surface area contributed by atoms with E-state index in [1.165, 1.54) is 17.4 Å². The predicted octanol–water partition coefficient (Wildman–Crippen LogP) is 3.94. The highest BCUT2D eigenvalue weighted by atomic mass is 28.3. The SMILES string of the molecule is CN1CC(c2ccc([Si](C)(C)C)cc2)(c2cccc(-c3cncc(F)c3)c2)N=C1N. The molecule has 0 amide bonds. The first-order chi connectivity index (χ1) is 14.2. The van der Waals surface area contributed by atoms with E-state index in [1.807, 2.05) is 24.1 Å². The number of benzene rings is 2. The molecule has 30 heavy (non-hydrogen) atoms. The maximum Gasteiger partial charge on any atom is 0.192 e. The van der Waals surface area contributed by atoms with E-state index in [4.69, 9.17) is 10.7 Å². The predicted molar refractivity (Wildman–Crippen MR) is 124 cm³/mol. The number of rotatable bonds is 4. The summed E-state index contributed by atoms with van der Waals surface area (Å²) in [6.07, 6.45) is 2.89. The van der Waals surface area contributed by atoms with Crippen LogP contribution in [0.5, 0.6) is 0 Å². The lowest BCUT2D eigenvalue weighted by Gasteiger charge is -2.29. The summed E-state index contributed by atoms with van der Waals surface area (Å²) in [4.78, 5) is 10.9. The van der Waals surface area contributed by atoms with Crippen LogP contribution in [0.1, 0.15) is 11.1 Å². The molecule has 4 nitrogen and oxygen atoms in total. The molecule has 154 valence electrons. The largest absolute Gasteiger partial charge is 0.370 e. The Hall–Kier alpha value is -2.99. The summed E-state index contributed by atoms with van der Waals surface area (Å²) >= 11 is 0. The fraction of sp³-hybridized carbons (Fsp3) is 0.250. The average molecular weight is 419 g/mol. The topological polar surface area (TPSA) is 54.5 Å². The molecule has 1 atom stereocenters. The van der Waals surface area contributed by atoms with Gasteiger partial charge in [0.1, 0.15) is 11.4 Å². The zero-order valence-corrected chi connectivity index (χ0v) is 18.9. The van der Waals surface area contributed by atoms with Gasteiger partial charge in [0.2, 0.25) is 0 Å². The van der Waals surface area contributed by atoms with E-state index in [2.05, 4.69) is 61.0 Å². The molecule has 0 fully saturated rings. The number of likely N-dealkylation sites (N-methyl/N-ethyl adjacent to an activating group) is 1. The Balaban J connectivity index is 1.84. The van der Waals surface area contributed by atoms with Crippen LogP contribution in [0, 0.1) is 5.82 Å². The van der Waals surface area contributed by atoms with E-state index in [0.717, 1.165) is 22.3 Å². The van der Waals surface area contributed by atoms with Crippen LogP contribution in [0.25, 0.3) is 11.1 Å². The van der Waals surface area contributed by atoms with Gasteiger partial charge in [-0.1, -0.05) is 67.3 Å². The lowest BCUT2D eigenvalue weighted by Crippen LogP contribution is -2.38. The fourth-order valence-electron chi connectivity index (χ4n) is 3.99. The third-order valence-corrected chi connectivity index (χ3v) is 7.83. The monoisotopic (exact) mass is 418 g/mol.